The van der Waals surface area contributed by atoms with Gasteiger partial charge in [0.25, 0.3) is 0 Å². The third-order valence-electron chi connectivity index (χ3n) is 4.18. The van der Waals surface area contributed by atoms with Crippen molar-refractivity contribution >= 4 is 17.7 Å². The van der Waals surface area contributed by atoms with Crippen molar-refractivity contribution in [3.63, 3.8) is 0 Å². The molecule has 0 aliphatic carbocycles. The fourth-order valence-electron chi connectivity index (χ4n) is 2.96. The minimum Gasteiger partial charge on any atom is -0.349 e. The molecule has 0 radical (unpaired) electrons. The lowest BCUT2D eigenvalue weighted by Gasteiger charge is -2.27. The van der Waals surface area contributed by atoms with E-state index in [-0.39, 0.29) is 23.7 Å². The van der Waals surface area contributed by atoms with E-state index in [4.69, 9.17) is 0 Å². The number of benzene rings is 1. The summed E-state index contributed by atoms with van der Waals surface area (Å²) in [6.07, 6.45) is 0.862. The Morgan fingerprint density at radius 2 is 2.30 bits per heavy atom. The van der Waals surface area contributed by atoms with E-state index in [2.05, 4.69) is 17.6 Å². The fraction of sp³-hybridized carbons (Fsp3) is 0.533. The summed E-state index contributed by atoms with van der Waals surface area (Å²) in [7, 11) is 0. The number of nitrogens with one attached hydrogen (secondary N) is 2. The van der Waals surface area contributed by atoms with Gasteiger partial charge in [-0.25, -0.2) is 4.39 Å². The summed E-state index contributed by atoms with van der Waals surface area (Å²) in [4.78, 5) is 13.5. The summed E-state index contributed by atoms with van der Waals surface area (Å²) in [5, 5.41) is 6.36. The van der Waals surface area contributed by atoms with Crippen LogP contribution in [0.5, 0.6) is 0 Å². The Morgan fingerprint density at radius 1 is 1.45 bits per heavy atom. The topological polar surface area (TPSA) is 41.1 Å². The van der Waals surface area contributed by atoms with Crippen molar-refractivity contribution in [3.05, 3.63) is 29.6 Å². The molecule has 1 saturated heterocycles. The number of rotatable bonds is 2. The molecule has 1 aromatic rings. The second-order valence-electron chi connectivity index (χ2n) is 5.62. The molecular weight excluding hydrogens is 275 g/mol. The number of thioether (sulfide) groups is 1. The minimum atomic E-state index is -0.235. The Morgan fingerprint density at radius 3 is 3.05 bits per heavy atom. The predicted octanol–water partition coefficient (Wildman–Crippen LogP) is 2.33. The van der Waals surface area contributed by atoms with Gasteiger partial charge in [0, 0.05) is 17.2 Å². The first-order valence-corrected chi connectivity index (χ1v) is 8.07. The van der Waals surface area contributed by atoms with E-state index < -0.39 is 0 Å². The standard InChI is InChI=1S/C15H19FN2OS/c1-9-7-17-8-12(9)15(19)18-13-4-5-20-14-3-2-10(16)6-11(13)14/h2-3,6,9,12-13,17H,4-5,7-8H2,1H3,(H,18,19)/t9-,12-,13?/m1/s1. The normalized spacial score (nSPS) is 29.0. The minimum absolute atomic E-state index is 0.0292. The van der Waals surface area contributed by atoms with Crippen LogP contribution in [0.25, 0.3) is 0 Å². The van der Waals surface area contributed by atoms with Gasteiger partial charge in [-0.05, 0) is 42.6 Å². The molecule has 0 saturated carbocycles. The summed E-state index contributed by atoms with van der Waals surface area (Å²) in [6, 6.07) is 4.80. The molecule has 20 heavy (non-hydrogen) atoms. The van der Waals surface area contributed by atoms with Gasteiger partial charge in [0.15, 0.2) is 0 Å². The van der Waals surface area contributed by atoms with Gasteiger partial charge in [-0.1, -0.05) is 6.92 Å². The second kappa shape index (κ2) is 5.74. The molecule has 2 aliphatic rings. The maximum atomic E-state index is 13.4. The highest BCUT2D eigenvalue weighted by Gasteiger charge is 2.32. The summed E-state index contributed by atoms with van der Waals surface area (Å²) in [6.45, 7) is 3.73. The second-order valence-corrected chi connectivity index (χ2v) is 6.76. The van der Waals surface area contributed by atoms with E-state index in [1.807, 2.05) is 6.07 Å². The van der Waals surface area contributed by atoms with Crippen molar-refractivity contribution in [1.82, 2.24) is 10.6 Å². The average molecular weight is 294 g/mol. The molecule has 3 rings (SSSR count). The first-order valence-electron chi connectivity index (χ1n) is 7.08. The van der Waals surface area contributed by atoms with Crippen LogP contribution in [0.1, 0.15) is 24.9 Å². The van der Waals surface area contributed by atoms with Gasteiger partial charge < -0.3 is 10.6 Å². The fourth-order valence-corrected chi connectivity index (χ4v) is 4.06. The van der Waals surface area contributed by atoms with E-state index in [9.17, 15) is 9.18 Å². The van der Waals surface area contributed by atoms with Gasteiger partial charge >= 0.3 is 0 Å². The molecule has 1 aromatic carbocycles. The third-order valence-corrected chi connectivity index (χ3v) is 5.30. The molecule has 3 atom stereocenters. The van der Waals surface area contributed by atoms with Gasteiger partial charge in [0.1, 0.15) is 5.82 Å². The van der Waals surface area contributed by atoms with Crippen molar-refractivity contribution in [2.24, 2.45) is 11.8 Å². The highest BCUT2D eigenvalue weighted by molar-refractivity contribution is 7.99. The van der Waals surface area contributed by atoms with Crippen LogP contribution >= 0.6 is 11.8 Å². The van der Waals surface area contributed by atoms with Gasteiger partial charge in [0.05, 0.1) is 12.0 Å². The molecule has 1 unspecified atom stereocenters. The number of carbonyl (C=O) groups is 1. The molecule has 5 heteroatoms. The molecular formula is C15H19FN2OS. The number of carbonyl (C=O) groups excluding carboxylic acids is 1. The van der Waals surface area contributed by atoms with Crippen LogP contribution in [0.4, 0.5) is 4.39 Å². The SMILES string of the molecule is C[C@@H]1CNC[C@H]1C(=O)NC1CCSc2ccc(F)cc21. The van der Waals surface area contributed by atoms with E-state index >= 15 is 0 Å². The molecule has 108 valence electrons. The molecule has 2 heterocycles. The highest BCUT2D eigenvalue weighted by atomic mass is 32.2. The monoisotopic (exact) mass is 294 g/mol. The Labute approximate surface area is 122 Å². The van der Waals surface area contributed by atoms with E-state index in [0.29, 0.717) is 5.92 Å². The Bertz CT molecular complexity index is 523. The van der Waals surface area contributed by atoms with E-state index in [1.54, 1.807) is 17.8 Å². The molecule has 1 fully saturated rings. The largest absolute Gasteiger partial charge is 0.349 e. The molecule has 2 aliphatic heterocycles. The quantitative estimate of drug-likeness (QED) is 0.879. The predicted molar refractivity (Wildman–Crippen MR) is 78.1 cm³/mol. The molecule has 3 nitrogen and oxygen atoms in total. The number of hydrogen-bond acceptors (Lipinski definition) is 3. The zero-order valence-electron chi connectivity index (χ0n) is 11.5. The molecule has 0 bridgehead atoms. The molecule has 0 spiro atoms. The smallest absolute Gasteiger partial charge is 0.225 e. The van der Waals surface area contributed by atoms with Crippen molar-refractivity contribution in [2.45, 2.75) is 24.3 Å². The number of halogens is 1. The summed E-state index contributed by atoms with van der Waals surface area (Å²) >= 11 is 1.73. The Kier molecular flexibility index (Phi) is 3.98. The van der Waals surface area contributed by atoms with Gasteiger partial charge in [-0.3, -0.25) is 4.79 Å². The van der Waals surface area contributed by atoms with Crippen LogP contribution < -0.4 is 10.6 Å². The van der Waals surface area contributed by atoms with Crippen LogP contribution in [0, 0.1) is 17.7 Å². The Hall–Kier alpha value is -1.07. The number of amides is 1. The summed E-state index contributed by atoms with van der Waals surface area (Å²) < 4.78 is 13.4. The van der Waals surface area contributed by atoms with Crippen LogP contribution in [-0.4, -0.2) is 24.7 Å². The van der Waals surface area contributed by atoms with Crippen molar-refractivity contribution in [1.29, 1.82) is 0 Å². The van der Waals surface area contributed by atoms with Crippen molar-refractivity contribution in [2.75, 3.05) is 18.8 Å². The first-order chi connectivity index (χ1) is 9.65. The van der Waals surface area contributed by atoms with E-state index in [0.717, 1.165) is 35.7 Å². The zero-order valence-corrected chi connectivity index (χ0v) is 12.3. The van der Waals surface area contributed by atoms with Crippen LogP contribution in [0.3, 0.4) is 0 Å². The third kappa shape index (κ3) is 2.69. The molecule has 0 aromatic heterocycles. The lowest BCUT2D eigenvalue weighted by atomic mass is 9.95. The van der Waals surface area contributed by atoms with Crippen molar-refractivity contribution in [3.8, 4) is 0 Å². The van der Waals surface area contributed by atoms with Crippen LogP contribution in [-0.2, 0) is 4.79 Å². The van der Waals surface area contributed by atoms with Gasteiger partial charge in [-0.15, -0.1) is 11.8 Å². The van der Waals surface area contributed by atoms with Crippen LogP contribution in [0.15, 0.2) is 23.1 Å². The lowest BCUT2D eigenvalue weighted by Crippen LogP contribution is -2.38. The molecule has 1 amide bonds. The number of hydrogen-bond donors (Lipinski definition) is 2. The highest BCUT2D eigenvalue weighted by Crippen LogP contribution is 2.36. The van der Waals surface area contributed by atoms with E-state index in [1.165, 1.54) is 6.07 Å². The lowest BCUT2D eigenvalue weighted by molar-refractivity contribution is -0.126. The maximum Gasteiger partial charge on any atom is 0.225 e. The maximum absolute atomic E-state index is 13.4. The van der Waals surface area contributed by atoms with Crippen molar-refractivity contribution < 1.29 is 9.18 Å². The van der Waals surface area contributed by atoms with Gasteiger partial charge in [0.2, 0.25) is 5.91 Å². The Balaban J connectivity index is 1.76. The van der Waals surface area contributed by atoms with Gasteiger partial charge in [-0.2, -0.15) is 0 Å². The first kappa shape index (κ1) is 13.9. The summed E-state index contributed by atoms with van der Waals surface area (Å²) in [5.74, 6) is 1.21. The summed E-state index contributed by atoms with van der Waals surface area (Å²) in [5.41, 5.74) is 0.924. The number of fused-ring (bicyclic) bond motifs is 1. The molecule has 2 N–H and O–H groups in total. The zero-order chi connectivity index (χ0) is 14.1. The average Bonchev–Trinajstić information content (AvgIpc) is 2.86. The van der Waals surface area contributed by atoms with Crippen LogP contribution in [0.2, 0.25) is 0 Å².